The Labute approximate surface area is 260 Å². The molecule has 0 fully saturated rings. The van der Waals surface area contributed by atoms with Crippen LogP contribution in [0.3, 0.4) is 0 Å². The molecule has 2 N–H and O–H groups in total. The Morgan fingerprint density at radius 2 is 1.08 bits per heavy atom. The molecule has 0 aliphatic carbocycles. The van der Waals surface area contributed by atoms with Crippen LogP contribution in [-0.4, -0.2) is 41.8 Å². The number of aliphatic hydroxyl groups is 2. The van der Waals surface area contributed by atoms with Crippen molar-refractivity contribution >= 4 is 64.8 Å². The summed E-state index contributed by atoms with van der Waals surface area (Å²) in [4.78, 5) is 0. The van der Waals surface area contributed by atoms with Gasteiger partial charge in [0.25, 0.3) is 0 Å². The zero-order valence-electron chi connectivity index (χ0n) is 23.6. The van der Waals surface area contributed by atoms with Gasteiger partial charge in [-0.05, 0) is 0 Å². The van der Waals surface area contributed by atoms with E-state index in [1.807, 2.05) is 24.3 Å². The van der Waals surface area contributed by atoms with Gasteiger partial charge < -0.3 is 0 Å². The standard InChI is InChI=1S/C20H17Cl4O2.3C4H9.Sn/c21-17-6-13(7-18(22)10-17)4-15(2-1-3-25)16(12-26)5-14-8-19(23)11-20(24)9-14;3*1-3-4-2;/h1,6-11,25-26H,3-5,12H2;3*1,3-4H2,2H3;/b2-1?,16-15-;;;;. The molecule has 2 nitrogen and oxygen atoms in total. The molecule has 0 aliphatic rings. The van der Waals surface area contributed by atoms with E-state index >= 15 is 0 Å². The van der Waals surface area contributed by atoms with E-state index in [2.05, 4.69) is 26.8 Å². The van der Waals surface area contributed by atoms with E-state index in [-0.39, 0.29) is 13.2 Å². The third kappa shape index (κ3) is 11.2. The Bertz CT molecular complexity index is 1050. The molecule has 216 valence electrons. The van der Waals surface area contributed by atoms with Crippen molar-refractivity contribution in [3.05, 3.63) is 88.4 Å². The van der Waals surface area contributed by atoms with Gasteiger partial charge in [0, 0.05) is 0 Å². The third-order valence-electron chi connectivity index (χ3n) is 7.48. The topological polar surface area (TPSA) is 40.5 Å². The second-order valence-corrected chi connectivity index (χ2v) is 25.4. The first-order valence-electron chi connectivity index (χ1n) is 14.2. The molecule has 39 heavy (non-hydrogen) atoms. The van der Waals surface area contributed by atoms with Crippen LogP contribution in [0.1, 0.15) is 70.4 Å². The number of allylic oxidation sites excluding steroid dienone is 2. The molecule has 0 aliphatic heterocycles. The summed E-state index contributed by atoms with van der Waals surface area (Å²) in [6, 6.07) is 11.2. The summed E-state index contributed by atoms with van der Waals surface area (Å²) < 4.78 is 5.10. The van der Waals surface area contributed by atoms with Gasteiger partial charge in [-0.2, -0.15) is 0 Å². The molecule has 0 saturated carbocycles. The Balaban J connectivity index is 2.83. The Morgan fingerprint density at radius 1 is 0.667 bits per heavy atom. The van der Waals surface area contributed by atoms with E-state index in [0.717, 1.165) is 41.5 Å². The third-order valence-corrected chi connectivity index (χ3v) is 24.3. The van der Waals surface area contributed by atoms with Crippen molar-refractivity contribution in [2.45, 2.75) is 85.4 Å². The molecule has 0 amide bonds. The molecule has 0 aromatic heterocycles. The molecular formula is C32H44Cl4O2Sn. The van der Waals surface area contributed by atoms with E-state index in [1.165, 1.54) is 36.2 Å². The van der Waals surface area contributed by atoms with Gasteiger partial charge in [0.15, 0.2) is 0 Å². The predicted molar refractivity (Wildman–Crippen MR) is 175 cm³/mol. The fourth-order valence-corrected chi connectivity index (χ4v) is 24.1. The molecule has 0 radical (unpaired) electrons. The summed E-state index contributed by atoms with van der Waals surface area (Å²) in [6.45, 7) is 6.68. The van der Waals surface area contributed by atoms with E-state index in [1.54, 1.807) is 12.1 Å². The van der Waals surface area contributed by atoms with Gasteiger partial charge in [-0.1, -0.05) is 0 Å². The Kier molecular flexibility index (Phi) is 16.5. The van der Waals surface area contributed by atoms with Crippen LogP contribution in [0.15, 0.2) is 57.2 Å². The van der Waals surface area contributed by atoms with E-state index < -0.39 is 18.4 Å². The van der Waals surface area contributed by atoms with Crippen molar-refractivity contribution < 1.29 is 10.2 Å². The fraction of sp³-hybridized carbons (Fsp3) is 0.500. The average molecular weight is 721 g/mol. The quantitative estimate of drug-likeness (QED) is 0.126. The molecule has 2 aromatic carbocycles. The number of benzene rings is 2. The maximum absolute atomic E-state index is 10.9. The minimum atomic E-state index is -3.06. The van der Waals surface area contributed by atoms with Crippen LogP contribution < -0.4 is 0 Å². The van der Waals surface area contributed by atoms with Crippen molar-refractivity contribution in [2.24, 2.45) is 0 Å². The number of hydrogen-bond acceptors (Lipinski definition) is 2. The summed E-state index contributed by atoms with van der Waals surface area (Å²) in [7, 11) is 0. The summed E-state index contributed by atoms with van der Waals surface area (Å²) in [5.74, 6) is 0. The van der Waals surface area contributed by atoms with Gasteiger partial charge in [0.2, 0.25) is 0 Å². The van der Waals surface area contributed by atoms with Crippen LogP contribution in [0.2, 0.25) is 33.4 Å². The number of hydrogen-bond donors (Lipinski definition) is 2. The first-order valence-corrected chi connectivity index (χ1v) is 23.2. The first kappa shape index (κ1) is 35.0. The average Bonchev–Trinajstić information content (AvgIpc) is 2.88. The van der Waals surface area contributed by atoms with Gasteiger partial charge in [-0.15, -0.1) is 0 Å². The molecular weight excluding hydrogens is 677 g/mol. The summed E-state index contributed by atoms with van der Waals surface area (Å²) >= 11 is 22.5. The molecule has 7 heteroatoms. The summed E-state index contributed by atoms with van der Waals surface area (Å²) in [5.41, 5.74) is 4.04. The van der Waals surface area contributed by atoms with Crippen LogP contribution >= 0.6 is 46.4 Å². The second kappa shape index (κ2) is 18.4. The van der Waals surface area contributed by atoms with E-state index in [9.17, 15) is 10.2 Å². The normalized spacial score (nSPS) is 13.1. The monoisotopic (exact) mass is 720 g/mol. The van der Waals surface area contributed by atoms with Crippen LogP contribution in [0, 0.1) is 0 Å². The number of halogens is 4. The number of rotatable bonds is 17. The van der Waals surface area contributed by atoms with Crippen LogP contribution in [0.25, 0.3) is 0 Å². The SMILES string of the molecule is CCC[CH2][Sn]([CH2]CCC)([CH2]CCC)[C](=C/CO)/C(Cc1cc(Cl)cc(Cl)c1)=C(/CO)Cc1cc(Cl)cc(Cl)c1. The zero-order valence-corrected chi connectivity index (χ0v) is 29.5. The van der Waals surface area contributed by atoms with Crippen molar-refractivity contribution in [2.75, 3.05) is 13.2 Å². The molecule has 0 spiro atoms. The zero-order chi connectivity index (χ0) is 28.8. The first-order chi connectivity index (χ1) is 18.7. The van der Waals surface area contributed by atoms with Gasteiger partial charge in [-0.25, -0.2) is 0 Å². The van der Waals surface area contributed by atoms with Crippen molar-refractivity contribution in [1.29, 1.82) is 0 Å². The molecule has 0 atom stereocenters. The molecule has 2 rings (SSSR count). The maximum atomic E-state index is 10.9. The summed E-state index contributed by atoms with van der Waals surface area (Å²) in [6.07, 6.45) is 10.3. The second-order valence-electron chi connectivity index (χ2n) is 10.5. The van der Waals surface area contributed by atoms with Gasteiger partial charge >= 0.3 is 262 Å². The van der Waals surface area contributed by atoms with Crippen LogP contribution in [-0.2, 0) is 12.8 Å². The van der Waals surface area contributed by atoms with Crippen LogP contribution in [0.4, 0.5) is 0 Å². The van der Waals surface area contributed by atoms with Crippen molar-refractivity contribution in [3.8, 4) is 0 Å². The molecule has 2 aromatic rings. The molecule has 0 saturated heterocycles. The van der Waals surface area contributed by atoms with Crippen molar-refractivity contribution in [1.82, 2.24) is 0 Å². The fourth-order valence-electron chi connectivity index (χ4n) is 5.62. The van der Waals surface area contributed by atoms with E-state index in [4.69, 9.17) is 46.4 Å². The predicted octanol–water partition coefficient (Wildman–Crippen LogP) is 10.7. The van der Waals surface area contributed by atoms with Gasteiger partial charge in [0.05, 0.1) is 0 Å². The Morgan fingerprint density at radius 3 is 1.44 bits per heavy atom. The molecule has 0 heterocycles. The van der Waals surface area contributed by atoms with E-state index in [0.29, 0.717) is 32.9 Å². The number of unbranched alkanes of at least 4 members (excludes halogenated alkanes) is 3. The van der Waals surface area contributed by atoms with Crippen molar-refractivity contribution in [3.63, 3.8) is 0 Å². The van der Waals surface area contributed by atoms with Gasteiger partial charge in [-0.3, -0.25) is 0 Å². The number of aliphatic hydroxyl groups excluding tert-OH is 2. The molecule has 0 bridgehead atoms. The summed E-state index contributed by atoms with van der Waals surface area (Å²) in [5, 5.41) is 23.6. The Hall–Kier alpha value is -0.201. The molecule has 0 unspecified atom stereocenters. The minimum absolute atomic E-state index is 0.0140. The van der Waals surface area contributed by atoms with Gasteiger partial charge in [0.1, 0.15) is 0 Å². The van der Waals surface area contributed by atoms with Crippen LogP contribution in [0.5, 0.6) is 0 Å².